The topological polar surface area (TPSA) is 83.4 Å². The van der Waals surface area contributed by atoms with Crippen molar-refractivity contribution >= 4 is 40.7 Å². The lowest BCUT2D eigenvalue weighted by Gasteiger charge is -2.25. The van der Waals surface area contributed by atoms with Gasteiger partial charge in [0.05, 0.1) is 21.7 Å². The Morgan fingerprint density at radius 2 is 1.77 bits per heavy atom. The highest BCUT2D eigenvalue weighted by atomic mass is 35.5. The van der Waals surface area contributed by atoms with E-state index in [1.807, 2.05) is 0 Å². The van der Waals surface area contributed by atoms with Gasteiger partial charge in [-0.2, -0.15) is 0 Å². The summed E-state index contributed by atoms with van der Waals surface area (Å²) in [4.78, 5) is 35.3. The van der Waals surface area contributed by atoms with Crippen molar-refractivity contribution < 1.29 is 14.7 Å². The lowest BCUT2D eigenvalue weighted by Crippen LogP contribution is -2.29. The molecule has 8 heteroatoms. The normalized spacial score (nSPS) is 18.1. The third kappa shape index (κ3) is 3.67. The van der Waals surface area contributed by atoms with Crippen molar-refractivity contribution in [3.8, 4) is 0 Å². The maximum absolute atomic E-state index is 13.0. The first kappa shape index (κ1) is 20.1. The number of amides is 1. The second-order valence-electron chi connectivity index (χ2n) is 6.70. The summed E-state index contributed by atoms with van der Waals surface area (Å²) in [5.41, 5.74) is 1.67. The van der Waals surface area contributed by atoms with Gasteiger partial charge in [0.15, 0.2) is 0 Å². The van der Waals surface area contributed by atoms with E-state index in [9.17, 15) is 14.7 Å². The van der Waals surface area contributed by atoms with Crippen LogP contribution in [-0.2, 0) is 16.1 Å². The number of carbonyl (C=O) groups excluding carboxylic acids is 2. The average molecular weight is 440 g/mol. The number of carbonyl (C=O) groups is 2. The van der Waals surface area contributed by atoms with E-state index < -0.39 is 17.7 Å². The predicted octanol–water partition coefficient (Wildman–Crippen LogP) is 4.41. The minimum Gasteiger partial charge on any atom is -0.507 e. The number of aliphatic hydroxyl groups is 1. The van der Waals surface area contributed by atoms with Gasteiger partial charge < -0.3 is 10.0 Å². The van der Waals surface area contributed by atoms with Gasteiger partial charge in [0.2, 0.25) is 0 Å². The van der Waals surface area contributed by atoms with E-state index in [0.29, 0.717) is 16.1 Å². The number of likely N-dealkylation sites (tertiary alicyclic amines) is 1. The van der Waals surface area contributed by atoms with E-state index in [-0.39, 0.29) is 22.9 Å². The second kappa shape index (κ2) is 8.26. The molecule has 1 unspecified atom stereocenters. The summed E-state index contributed by atoms with van der Waals surface area (Å²) in [6.07, 6.45) is 6.23. The molecule has 1 N–H and O–H groups in total. The number of hydrogen-bond donors (Lipinski definition) is 1. The number of nitrogens with zero attached hydrogens (tertiary/aromatic N) is 3. The molecule has 0 aliphatic carbocycles. The number of aliphatic hydroxyl groups excluding tert-OH is 1. The SMILES string of the molecule is O=C1C(=O)N(Cc2cccnc2)C(c2ccc(Cl)c(Cl)c2)/C1=C(\O)c1ccncc1. The van der Waals surface area contributed by atoms with E-state index in [4.69, 9.17) is 23.2 Å². The largest absolute Gasteiger partial charge is 0.507 e. The fraction of sp³-hybridized carbons (Fsp3) is 0.0909. The number of halogens is 2. The van der Waals surface area contributed by atoms with Crippen molar-refractivity contribution in [2.24, 2.45) is 0 Å². The maximum atomic E-state index is 13.0. The summed E-state index contributed by atoms with van der Waals surface area (Å²) in [7, 11) is 0. The fourth-order valence-corrected chi connectivity index (χ4v) is 3.73. The lowest BCUT2D eigenvalue weighted by atomic mass is 9.95. The molecule has 0 spiro atoms. The number of pyridine rings is 2. The molecule has 1 amide bonds. The Labute approximate surface area is 182 Å². The average Bonchev–Trinajstić information content (AvgIpc) is 3.01. The van der Waals surface area contributed by atoms with Crippen molar-refractivity contribution in [2.75, 3.05) is 0 Å². The summed E-state index contributed by atoms with van der Waals surface area (Å²) in [5, 5.41) is 11.6. The van der Waals surface area contributed by atoms with Gasteiger partial charge in [-0.3, -0.25) is 19.6 Å². The standard InChI is InChI=1S/C22H15Cl2N3O3/c23-16-4-3-15(10-17(16)24)19-18(20(28)14-5-8-25-9-6-14)21(29)22(30)27(19)12-13-2-1-7-26-11-13/h1-11,19,28H,12H2/b20-18+. The van der Waals surface area contributed by atoms with Crippen molar-refractivity contribution in [3.05, 3.63) is 99.6 Å². The minimum atomic E-state index is -0.840. The third-order valence-electron chi connectivity index (χ3n) is 4.83. The van der Waals surface area contributed by atoms with Gasteiger partial charge in [-0.15, -0.1) is 0 Å². The van der Waals surface area contributed by atoms with Crippen LogP contribution < -0.4 is 0 Å². The summed E-state index contributed by atoms with van der Waals surface area (Å²) >= 11 is 12.2. The van der Waals surface area contributed by atoms with Crippen LogP contribution in [0, 0.1) is 0 Å². The van der Waals surface area contributed by atoms with E-state index in [1.165, 1.54) is 17.3 Å². The van der Waals surface area contributed by atoms with Crippen LogP contribution in [0.3, 0.4) is 0 Å². The van der Waals surface area contributed by atoms with E-state index in [1.54, 1.807) is 54.9 Å². The molecule has 3 heterocycles. The van der Waals surface area contributed by atoms with Crippen molar-refractivity contribution in [1.29, 1.82) is 0 Å². The van der Waals surface area contributed by atoms with Crippen LogP contribution in [0.5, 0.6) is 0 Å². The molecule has 150 valence electrons. The number of ketones is 1. The number of Topliss-reactive ketones (excluding diaryl/α,β-unsaturated/α-hetero) is 1. The van der Waals surface area contributed by atoms with Gasteiger partial charge in [-0.05, 0) is 41.5 Å². The highest BCUT2D eigenvalue weighted by Crippen LogP contribution is 2.41. The molecule has 2 aromatic heterocycles. The van der Waals surface area contributed by atoms with E-state index in [0.717, 1.165) is 5.56 Å². The zero-order chi connectivity index (χ0) is 21.3. The van der Waals surface area contributed by atoms with Crippen LogP contribution in [0.2, 0.25) is 10.0 Å². The minimum absolute atomic E-state index is 0.0199. The number of aromatic nitrogens is 2. The zero-order valence-corrected chi connectivity index (χ0v) is 17.0. The maximum Gasteiger partial charge on any atom is 0.295 e. The summed E-state index contributed by atoms with van der Waals surface area (Å²) in [6, 6.07) is 10.7. The quantitative estimate of drug-likeness (QED) is 0.369. The summed E-state index contributed by atoms with van der Waals surface area (Å²) in [6.45, 7) is 0.135. The predicted molar refractivity (Wildman–Crippen MR) is 113 cm³/mol. The van der Waals surface area contributed by atoms with E-state index >= 15 is 0 Å². The monoisotopic (exact) mass is 439 g/mol. The Morgan fingerprint density at radius 3 is 2.43 bits per heavy atom. The molecule has 1 saturated heterocycles. The van der Waals surface area contributed by atoms with Crippen molar-refractivity contribution in [3.63, 3.8) is 0 Å². The summed E-state index contributed by atoms with van der Waals surface area (Å²) < 4.78 is 0. The van der Waals surface area contributed by atoms with Gasteiger partial charge in [0.25, 0.3) is 11.7 Å². The molecule has 4 rings (SSSR count). The molecular weight excluding hydrogens is 425 g/mol. The van der Waals surface area contributed by atoms with Crippen LogP contribution in [-0.4, -0.2) is 31.7 Å². The first-order valence-corrected chi connectivity index (χ1v) is 9.75. The molecule has 0 bridgehead atoms. The highest BCUT2D eigenvalue weighted by molar-refractivity contribution is 6.46. The van der Waals surface area contributed by atoms with Crippen LogP contribution in [0.4, 0.5) is 0 Å². The van der Waals surface area contributed by atoms with Crippen molar-refractivity contribution in [2.45, 2.75) is 12.6 Å². The van der Waals surface area contributed by atoms with E-state index in [2.05, 4.69) is 9.97 Å². The van der Waals surface area contributed by atoms with Crippen LogP contribution >= 0.6 is 23.2 Å². The molecular formula is C22H15Cl2N3O3. The first-order chi connectivity index (χ1) is 14.5. The number of rotatable bonds is 4. The lowest BCUT2D eigenvalue weighted by molar-refractivity contribution is -0.140. The molecule has 30 heavy (non-hydrogen) atoms. The third-order valence-corrected chi connectivity index (χ3v) is 5.57. The number of hydrogen-bond acceptors (Lipinski definition) is 5. The first-order valence-electron chi connectivity index (χ1n) is 9.00. The Kier molecular flexibility index (Phi) is 5.53. The zero-order valence-electron chi connectivity index (χ0n) is 15.5. The van der Waals surface area contributed by atoms with Gasteiger partial charge in [-0.1, -0.05) is 35.3 Å². The molecule has 1 atom stereocenters. The molecule has 6 nitrogen and oxygen atoms in total. The second-order valence-corrected chi connectivity index (χ2v) is 7.51. The highest BCUT2D eigenvalue weighted by Gasteiger charge is 2.46. The van der Waals surface area contributed by atoms with Gasteiger partial charge in [0.1, 0.15) is 5.76 Å². The Hall–Kier alpha value is -3.22. The Balaban J connectivity index is 1.88. The molecule has 0 saturated carbocycles. The molecule has 0 radical (unpaired) electrons. The Bertz CT molecular complexity index is 1150. The van der Waals surface area contributed by atoms with Gasteiger partial charge in [0, 0.05) is 36.9 Å². The molecule has 1 aromatic carbocycles. The van der Waals surface area contributed by atoms with Crippen LogP contribution in [0.15, 0.2) is 72.8 Å². The van der Waals surface area contributed by atoms with Crippen LogP contribution in [0.1, 0.15) is 22.7 Å². The fourth-order valence-electron chi connectivity index (χ4n) is 3.43. The van der Waals surface area contributed by atoms with Crippen molar-refractivity contribution in [1.82, 2.24) is 14.9 Å². The smallest absolute Gasteiger partial charge is 0.295 e. The van der Waals surface area contributed by atoms with Gasteiger partial charge >= 0.3 is 0 Å². The molecule has 1 aliphatic rings. The Morgan fingerprint density at radius 1 is 1.00 bits per heavy atom. The summed E-state index contributed by atoms with van der Waals surface area (Å²) in [5.74, 6) is -1.77. The molecule has 3 aromatic rings. The van der Waals surface area contributed by atoms with Gasteiger partial charge in [-0.25, -0.2) is 0 Å². The molecule has 1 fully saturated rings. The number of benzene rings is 1. The molecule has 1 aliphatic heterocycles. The van der Waals surface area contributed by atoms with Crippen LogP contribution in [0.25, 0.3) is 5.76 Å².